The molecule has 1 aromatic heterocycles. The van der Waals surface area contributed by atoms with E-state index in [9.17, 15) is 8.42 Å². The fraction of sp³-hybridized carbons (Fsp3) is 0.727. The highest BCUT2D eigenvalue weighted by Gasteiger charge is 2.26. The Hall–Kier alpha value is -0.460. The summed E-state index contributed by atoms with van der Waals surface area (Å²) in [5.41, 5.74) is 5.47. The molecule has 1 aromatic rings. The average Bonchev–Trinajstić information content (AvgIpc) is 2.75. The number of hydrogen-bond acceptors (Lipinski definition) is 5. The van der Waals surface area contributed by atoms with E-state index in [1.165, 1.54) is 4.88 Å². The van der Waals surface area contributed by atoms with Gasteiger partial charge in [0.15, 0.2) is 0 Å². The van der Waals surface area contributed by atoms with E-state index >= 15 is 0 Å². The molecule has 0 amide bonds. The van der Waals surface area contributed by atoms with Crippen molar-refractivity contribution in [1.82, 2.24) is 4.98 Å². The van der Waals surface area contributed by atoms with E-state index in [2.05, 4.69) is 4.98 Å². The van der Waals surface area contributed by atoms with Gasteiger partial charge in [0.25, 0.3) is 0 Å². The average molecular weight is 274 g/mol. The van der Waals surface area contributed by atoms with Crippen LogP contribution in [0.25, 0.3) is 0 Å². The quantitative estimate of drug-likeness (QED) is 0.899. The zero-order valence-corrected chi connectivity index (χ0v) is 11.4. The Morgan fingerprint density at radius 2 is 2.12 bits per heavy atom. The van der Waals surface area contributed by atoms with Crippen LogP contribution in [0.4, 0.5) is 0 Å². The second-order valence-corrected chi connectivity index (χ2v) is 7.93. The Morgan fingerprint density at radius 1 is 1.41 bits per heavy atom. The third kappa shape index (κ3) is 3.50. The van der Waals surface area contributed by atoms with Crippen LogP contribution in [0.15, 0.2) is 6.20 Å². The zero-order chi connectivity index (χ0) is 12.3. The van der Waals surface area contributed by atoms with Gasteiger partial charge in [0.1, 0.15) is 9.84 Å². The predicted molar refractivity (Wildman–Crippen MR) is 70.1 cm³/mol. The minimum Gasteiger partial charge on any atom is -0.330 e. The van der Waals surface area contributed by atoms with Crippen molar-refractivity contribution in [2.75, 3.05) is 18.1 Å². The molecule has 1 fully saturated rings. The number of nitrogens with two attached hydrogens (primary N) is 1. The first-order valence-electron chi connectivity index (χ1n) is 5.96. The number of aromatic nitrogens is 1. The van der Waals surface area contributed by atoms with E-state index in [4.69, 9.17) is 5.73 Å². The van der Waals surface area contributed by atoms with Crippen molar-refractivity contribution in [1.29, 1.82) is 0 Å². The first-order chi connectivity index (χ1) is 8.11. The monoisotopic (exact) mass is 274 g/mol. The molecule has 0 aliphatic carbocycles. The maximum atomic E-state index is 11.3. The molecule has 0 atom stereocenters. The maximum absolute atomic E-state index is 11.3. The molecular formula is C11H18N2O2S2. The van der Waals surface area contributed by atoms with Gasteiger partial charge in [-0.2, -0.15) is 0 Å². The Morgan fingerprint density at radius 3 is 2.76 bits per heavy atom. The smallest absolute Gasteiger partial charge is 0.150 e. The molecule has 96 valence electrons. The third-order valence-electron chi connectivity index (χ3n) is 3.10. The van der Waals surface area contributed by atoms with Crippen molar-refractivity contribution in [3.8, 4) is 0 Å². The van der Waals surface area contributed by atoms with Crippen LogP contribution >= 0.6 is 11.3 Å². The van der Waals surface area contributed by atoms with E-state index in [1.54, 1.807) is 11.3 Å². The standard InChI is InChI=1S/C11H18N2O2S2/c12-5-1-2-10-8-13-11(16-10)9-3-6-17(14,15)7-4-9/h8-9H,1-7,12H2. The van der Waals surface area contributed by atoms with Gasteiger partial charge >= 0.3 is 0 Å². The van der Waals surface area contributed by atoms with E-state index < -0.39 is 9.84 Å². The Labute approximate surface area is 106 Å². The number of thiazole rings is 1. The SMILES string of the molecule is NCCCc1cnc(C2CCS(=O)(=O)CC2)s1. The van der Waals surface area contributed by atoms with Crippen molar-refractivity contribution in [2.45, 2.75) is 31.6 Å². The van der Waals surface area contributed by atoms with Gasteiger partial charge in [-0.05, 0) is 32.2 Å². The number of rotatable bonds is 4. The summed E-state index contributed by atoms with van der Waals surface area (Å²) in [5, 5.41) is 1.10. The molecule has 6 heteroatoms. The highest BCUT2D eigenvalue weighted by molar-refractivity contribution is 7.91. The van der Waals surface area contributed by atoms with Crippen molar-refractivity contribution in [3.05, 3.63) is 16.1 Å². The van der Waals surface area contributed by atoms with Gasteiger partial charge in [-0.3, -0.25) is 0 Å². The molecule has 2 N–H and O–H groups in total. The van der Waals surface area contributed by atoms with Crippen LogP contribution in [0.5, 0.6) is 0 Å². The van der Waals surface area contributed by atoms with Gasteiger partial charge in [-0.25, -0.2) is 13.4 Å². The number of sulfone groups is 1. The molecule has 0 saturated carbocycles. The minimum atomic E-state index is -2.77. The van der Waals surface area contributed by atoms with Crippen molar-refractivity contribution < 1.29 is 8.42 Å². The zero-order valence-electron chi connectivity index (χ0n) is 9.76. The van der Waals surface area contributed by atoms with Crippen LogP contribution in [0, 0.1) is 0 Å². The normalized spacial score (nSPS) is 20.5. The van der Waals surface area contributed by atoms with Gasteiger partial charge in [0.05, 0.1) is 16.5 Å². The first kappa shape index (κ1) is 13.0. The Balaban J connectivity index is 1.96. The highest BCUT2D eigenvalue weighted by Crippen LogP contribution is 2.32. The first-order valence-corrected chi connectivity index (χ1v) is 8.59. The summed E-state index contributed by atoms with van der Waals surface area (Å²) in [4.78, 5) is 5.69. The molecule has 0 aromatic carbocycles. The number of hydrogen-bond donors (Lipinski definition) is 1. The lowest BCUT2D eigenvalue weighted by Gasteiger charge is -2.19. The van der Waals surface area contributed by atoms with Gasteiger partial charge in [0, 0.05) is 17.0 Å². The van der Waals surface area contributed by atoms with Gasteiger partial charge in [0.2, 0.25) is 0 Å². The summed E-state index contributed by atoms with van der Waals surface area (Å²) < 4.78 is 22.7. The van der Waals surface area contributed by atoms with Crippen LogP contribution in [-0.4, -0.2) is 31.5 Å². The number of aryl methyl sites for hydroxylation is 1. The van der Waals surface area contributed by atoms with Gasteiger partial charge < -0.3 is 5.73 Å². The van der Waals surface area contributed by atoms with Crippen LogP contribution in [-0.2, 0) is 16.3 Å². The van der Waals surface area contributed by atoms with Crippen molar-refractivity contribution in [2.24, 2.45) is 5.73 Å². The summed E-state index contributed by atoms with van der Waals surface area (Å²) in [7, 11) is -2.77. The van der Waals surface area contributed by atoms with Crippen LogP contribution in [0.3, 0.4) is 0 Å². The molecule has 2 rings (SSSR count). The molecule has 0 unspecified atom stereocenters. The fourth-order valence-corrected chi connectivity index (χ4v) is 4.66. The molecule has 2 heterocycles. The van der Waals surface area contributed by atoms with E-state index in [0.717, 1.165) is 30.7 Å². The summed E-state index contributed by atoms with van der Waals surface area (Å²) in [6.07, 6.45) is 5.34. The van der Waals surface area contributed by atoms with E-state index in [0.29, 0.717) is 24.0 Å². The van der Waals surface area contributed by atoms with E-state index in [1.807, 2.05) is 6.20 Å². The second-order valence-electron chi connectivity index (χ2n) is 4.48. The number of nitrogens with zero attached hydrogens (tertiary/aromatic N) is 1. The largest absolute Gasteiger partial charge is 0.330 e. The van der Waals surface area contributed by atoms with Gasteiger partial charge in [-0.15, -0.1) is 11.3 Å². The highest BCUT2D eigenvalue weighted by atomic mass is 32.2. The summed E-state index contributed by atoms with van der Waals surface area (Å²) >= 11 is 1.72. The van der Waals surface area contributed by atoms with Crippen LogP contribution in [0.1, 0.15) is 35.1 Å². The van der Waals surface area contributed by atoms with Crippen LogP contribution in [0.2, 0.25) is 0 Å². The van der Waals surface area contributed by atoms with Crippen molar-refractivity contribution >= 4 is 21.2 Å². The molecule has 0 spiro atoms. The Bertz CT molecular complexity index is 454. The molecule has 0 radical (unpaired) electrons. The lowest BCUT2D eigenvalue weighted by molar-refractivity contribution is 0.549. The summed E-state index contributed by atoms with van der Waals surface area (Å²) in [6.45, 7) is 0.703. The minimum absolute atomic E-state index is 0.315. The summed E-state index contributed by atoms with van der Waals surface area (Å²) in [5.74, 6) is 0.972. The molecule has 1 aliphatic rings. The molecular weight excluding hydrogens is 256 g/mol. The Kier molecular flexibility index (Phi) is 4.17. The van der Waals surface area contributed by atoms with Crippen molar-refractivity contribution in [3.63, 3.8) is 0 Å². The van der Waals surface area contributed by atoms with E-state index in [-0.39, 0.29) is 0 Å². The lowest BCUT2D eigenvalue weighted by atomic mass is 10.0. The van der Waals surface area contributed by atoms with Crippen LogP contribution < -0.4 is 5.73 Å². The third-order valence-corrected chi connectivity index (χ3v) is 6.04. The second kappa shape index (κ2) is 5.46. The molecule has 1 aliphatic heterocycles. The molecule has 0 bridgehead atoms. The molecule has 1 saturated heterocycles. The maximum Gasteiger partial charge on any atom is 0.150 e. The van der Waals surface area contributed by atoms with Gasteiger partial charge in [-0.1, -0.05) is 0 Å². The lowest BCUT2D eigenvalue weighted by Crippen LogP contribution is -2.21. The predicted octanol–water partition coefficient (Wildman–Crippen LogP) is 1.33. The fourth-order valence-electron chi connectivity index (χ4n) is 2.04. The topological polar surface area (TPSA) is 73.0 Å². The molecule has 4 nitrogen and oxygen atoms in total. The summed E-state index contributed by atoms with van der Waals surface area (Å²) in [6, 6.07) is 0. The molecule has 17 heavy (non-hydrogen) atoms.